The van der Waals surface area contributed by atoms with E-state index in [1.54, 1.807) is 13.8 Å². The molecule has 0 saturated heterocycles. The van der Waals surface area contributed by atoms with Crippen LogP contribution in [0.2, 0.25) is 0 Å². The molecule has 3 rings (SSSR count). The zero-order chi connectivity index (χ0) is 19.0. The molecule has 0 aliphatic carbocycles. The fourth-order valence-corrected chi connectivity index (χ4v) is 3.13. The van der Waals surface area contributed by atoms with E-state index in [4.69, 9.17) is 4.74 Å². The number of halogens is 3. The van der Waals surface area contributed by atoms with Crippen LogP contribution >= 0.6 is 0 Å². The minimum Gasteiger partial charge on any atom is -0.465 e. The number of esters is 1. The molecule has 0 radical (unpaired) electrons. The van der Waals surface area contributed by atoms with Gasteiger partial charge in [-0.25, -0.2) is 17.9 Å². The van der Waals surface area contributed by atoms with Crippen molar-refractivity contribution in [3.63, 3.8) is 0 Å². The number of nitrogens with one attached hydrogen (secondary N) is 1. The van der Waals surface area contributed by atoms with Crippen LogP contribution in [-0.2, 0) is 20.9 Å². The van der Waals surface area contributed by atoms with Gasteiger partial charge in [-0.3, -0.25) is 9.59 Å². The molecular weight excluding hydrogens is 351 g/mol. The van der Waals surface area contributed by atoms with E-state index in [9.17, 15) is 22.8 Å². The van der Waals surface area contributed by atoms with E-state index in [2.05, 4.69) is 10.4 Å². The molecule has 1 aliphatic heterocycles. The summed E-state index contributed by atoms with van der Waals surface area (Å²) in [7, 11) is 0. The second kappa shape index (κ2) is 6.81. The Labute approximate surface area is 146 Å². The van der Waals surface area contributed by atoms with Gasteiger partial charge < -0.3 is 10.1 Å². The van der Waals surface area contributed by atoms with Crippen LogP contribution in [0.3, 0.4) is 0 Å². The molecule has 1 N–H and O–H groups in total. The SMILES string of the molecule is CCOC(=O)Cn1nc(C)c2c1NC(=O)C[C@H]2c1ccc(F)c(F)c1F. The van der Waals surface area contributed by atoms with Gasteiger partial charge in [-0.05, 0) is 25.5 Å². The van der Waals surface area contributed by atoms with Crippen LogP contribution in [0.4, 0.5) is 19.0 Å². The molecule has 2 heterocycles. The van der Waals surface area contributed by atoms with E-state index in [1.165, 1.54) is 4.68 Å². The van der Waals surface area contributed by atoms with Gasteiger partial charge in [-0.15, -0.1) is 0 Å². The standard InChI is InChI=1S/C17H16F3N3O3/c1-3-26-13(25)7-23-17-14(8(2)22-23)10(6-12(24)21-17)9-4-5-11(18)16(20)15(9)19/h4-5,10H,3,6-7H2,1-2H3,(H,21,24)/t10-/m0/s1. The summed E-state index contributed by atoms with van der Waals surface area (Å²) in [5, 5.41) is 6.81. The van der Waals surface area contributed by atoms with Crippen LogP contribution in [0, 0.1) is 24.4 Å². The maximum Gasteiger partial charge on any atom is 0.327 e. The van der Waals surface area contributed by atoms with Crippen molar-refractivity contribution < 1.29 is 27.5 Å². The van der Waals surface area contributed by atoms with E-state index < -0.39 is 35.2 Å². The predicted molar refractivity (Wildman–Crippen MR) is 85.0 cm³/mol. The van der Waals surface area contributed by atoms with Gasteiger partial charge in [-0.2, -0.15) is 5.10 Å². The fourth-order valence-electron chi connectivity index (χ4n) is 3.13. The highest BCUT2D eigenvalue weighted by atomic mass is 19.2. The number of rotatable bonds is 4. The third-order valence-electron chi connectivity index (χ3n) is 4.19. The van der Waals surface area contributed by atoms with Gasteiger partial charge in [0.2, 0.25) is 5.91 Å². The normalized spacial score (nSPS) is 16.2. The Kier molecular flexibility index (Phi) is 4.71. The van der Waals surface area contributed by atoms with Gasteiger partial charge in [0, 0.05) is 17.9 Å². The van der Waals surface area contributed by atoms with Crippen molar-refractivity contribution in [2.45, 2.75) is 32.7 Å². The Morgan fingerprint density at radius 1 is 1.35 bits per heavy atom. The summed E-state index contributed by atoms with van der Waals surface area (Å²) in [4.78, 5) is 23.8. The summed E-state index contributed by atoms with van der Waals surface area (Å²) in [6.45, 7) is 3.24. The number of anilines is 1. The number of fused-ring (bicyclic) bond motifs is 1. The maximum absolute atomic E-state index is 14.3. The lowest BCUT2D eigenvalue weighted by Crippen LogP contribution is -2.27. The van der Waals surface area contributed by atoms with E-state index in [0.717, 1.165) is 12.1 Å². The lowest BCUT2D eigenvalue weighted by Gasteiger charge is -2.24. The second-order valence-corrected chi connectivity index (χ2v) is 5.88. The number of amides is 1. The number of aromatic nitrogens is 2. The lowest BCUT2D eigenvalue weighted by atomic mass is 9.85. The maximum atomic E-state index is 14.3. The van der Waals surface area contributed by atoms with E-state index in [0.29, 0.717) is 11.3 Å². The van der Waals surface area contributed by atoms with Crippen LogP contribution in [0.1, 0.15) is 36.1 Å². The minimum atomic E-state index is -1.59. The van der Waals surface area contributed by atoms with Crippen molar-refractivity contribution in [3.8, 4) is 0 Å². The molecule has 9 heteroatoms. The highest BCUT2D eigenvalue weighted by Crippen LogP contribution is 2.40. The average Bonchev–Trinajstić information content (AvgIpc) is 2.88. The smallest absolute Gasteiger partial charge is 0.327 e. The zero-order valence-electron chi connectivity index (χ0n) is 14.1. The highest BCUT2D eigenvalue weighted by molar-refractivity contribution is 5.95. The fraction of sp³-hybridized carbons (Fsp3) is 0.353. The van der Waals surface area contributed by atoms with Crippen molar-refractivity contribution >= 4 is 17.7 Å². The third kappa shape index (κ3) is 3.04. The average molecular weight is 367 g/mol. The van der Waals surface area contributed by atoms with E-state index >= 15 is 0 Å². The Morgan fingerprint density at radius 2 is 2.08 bits per heavy atom. The van der Waals surface area contributed by atoms with Crippen molar-refractivity contribution in [1.29, 1.82) is 0 Å². The number of hydrogen-bond acceptors (Lipinski definition) is 4. The third-order valence-corrected chi connectivity index (χ3v) is 4.19. The van der Waals surface area contributed by atoms with Crippen LogP contribution in [0.5, 0.6) is 0 Å². The van der Waals surface area contributed by atoms with Crippen molar-refractivity contribution in [3.05, 3.63) is 46.4 Å². The van der Waals surface area contributed by atoms with Crippen LogP contribution in [0.25, 0.3) is 0 Å². The zero-order valence-corrected chi connectivity index (χ0v) is 14.1. The first kappa shape index (κ1) is 18.0. The molecule has 1 atom stereocenters. The number of nitrogens with zero attached hydrogens (tertiary/aromatic N) is 2. The lowest BCUT2D eigenvalue weighted by molar-refractivity contribution is -0.144. The predicted octanol–water partition coefficient (Wildman–Crippen LogP) is 2.65. The van der Waals surface area contributed by atoms with Crippen LogP contribution in [0.15, 0.2) is 12.1 Å². The highest BCUT2D eigenvalue weighted by Gasteiger charge is 2.35. The Balaban J connectivity index is 2.08. The van der Waals surface area contributed by atoms with Crippen LogP contribution < -0.4 is 5.32 Å². The van der Waals surface area contributed by atoms with Gasteiger partial charge in [0.15, 0.2) is 17.5 Å². The van der Waals surface area contributed by atoms with Gasteiger partial charge in [0.25, 0.3) is 0 Å². The van der Waals surface area contributed by atoms with Crippen molar-refractivity contribution in [1.82, 2.24) is 9.78 Å². The van der Waals surface area contributed by atoms with Gasteiger partial charge in [-0.1, -0.05) is 6.07 Å². The quantitative estimate of drug-likeness (QED) is 0.666. The molecule has 0 spiro atoms. The number of aryl methyl sites for hydroxylation is 1. The molecule has 138 valence electrons. The Hall–Kier alpha value is -2.84. The molecule has 0 bridgehead atoms. The molecule has 1 amide bonds. The molecule has 2 aromatic rings. The summed E-state index contributed by atoms with van der Waals surface area (Å²) in [5.41, 5.74) is 0.760. The first-order valence-corrected chi connectivity index (χ1v) is 7.99. The minimum absolute atomic E-state index is 0.140. The number of carbonyl (C=O) groups is 2. The molecule has 6 nitrogen and oxygen atoms in total. The number of carbonyl (C=O) groups excluding carboxylic acids is 2. The summed E-state index contributed by atoms with van der Waals surface area (Å²) >= 11 is 0. The molecule has 26 heavy (non-hydrogen) atoms. The van der Waals surface area contributed by atoms with Gasteiger partial charge >= 0.3 is 5.97 Å². The molecule has 1 aliphatic rings. The summed E-state index contributed by atoms with van der Waals surface area (Å²) in [6, 6.07) is 1.93. The Morgan fingerprint density at radius 3 is 2.77 bits per heavy atom. The van der Waals surface area contributed by atoms with Gasteiger partial charge in [0.1, 0.15) is 12.4 Å². The summed E-state index contributed by atoms with van der Waals surface area (Å²) in [5.74, 6) is -5.85. The first-order chi connectivity index (χ1) is 12.3. The van der Waals surface area contributed by atoms with E-state index in [1.807, 2.05) is 0 Å². The number of benzene rings is 1. The number of hydrogen-bond donors (Lipinski definition) is 1. The molecule has 1 aromatic carbocycles. The molecule has 1 aromatic heterocycles. The largest absolute Gasteiger partial charge is 0.465 e. The summed E-state index contributed by atoms with van der Waals surface area (Å²) < 4.78 is 47.3. The van der Waals surface area contributed by atoms with Gasteiger partial charge in [0.05, 0.1) is 12.3 Å². The second-order valence-electron chi connectivity index (χ2n) is 5.88. The van der Waals surface area contributed by atoms with Crippen LogP contribution in [-0.4, -0.2) is 28.3 Å². The topological polar surface area (TPSA) is 73.2 Å². The van der Waals surface area contributed by atoms with Crippen molar-refractivity contribution in [2.24, 2.45) is 0 Å². The number of ether oxygens (including phenoxy) is 1. The Bertz CT molecular complexity index is 895. The molecular formula is C17H16F3N3O3. The van der Waals surface area contributed by atoms with Crippen molar-refractivity contribution in [2.75, 3.05) is 11.9 Å². The van der Waals surface area contributed by atoms with E-state index in [-0.39, 0.29) is 31.0 Å². The summed E-state index contributed by atoms with van der Waals surface area (Å²) in [6.07, 6.45) is -0.152. The molecule has 0 saturated carbocycles. The molecule has 0 fully saturated rings. The monoisotopic (exact) mass is 367 g/mol. The first-order valence-electron chi connectivity index (χ1n) is 7.99. The molecule has 0 unspecified atom stereocenters.